The number of hydrogen-bond donors (Lipinski definition) is 1. The Balaban J connectivity index is 3.99. The predicted octanol–water partition coefficient (Wildman–Crippen LogP) is 14.4. The van der Waals surface area contributed by atoms with Gasteiger partial charge in [-0.05, 0) is 39.4 Å². The Labute approximate surface area is 298 Å². The third-order valence-electron chi connectivity index (χ3n) is 10.6. The summed E-state index contributed by atoms with van der Waals surface area (Å²) in [6.45, 7) is 6.47. The molecule has 0 unspecified atom stereocenters. The average molecular weight is 663 g/mol. The van der Waals surface area contributed by atoms with Crippen LogP contribution in [-0.4, -0.2) is 38.0 Å². The van der Waals surface area contributed by atoms with Crippen LogP contribution in [0.15, 0.2) is 0 Å². The van der Waals surface area contributed by atoms with Crippen LogP contribution in [0, 0.1) is 5.92 Å². The first kappa shape index (κ1) is 46.4. The van der Waals surface area contributed by atoms with Crippen LogP contribution in [0.25, 0.3) is 0 Å². The van der Waals surface area contributed by atoms with E-state index in [1.165, 1.54) is 212 Å². The molecule has 282 valence electrons. The van der Waals surface area contributed by atoms with Crippen LogP contribution in [0.4, 0.5) is 0 Å². The van der Waals surface area contributed by atoms with Crippen LogP contribution in [0.5, 0.6) is 0 Å². The van der Waals surface area contributed by atoms with Gasteiger partial charge in [0.15, 0.2) is 0 Å². The standard InChI is InChI=1S/C44H90N2O/c1-5-7-9-11-13-15-17-19-21-23-25-27-29-32-37-43(39-34-31-35-41-45-44(47)40-36-42-46(3)4)38-33-30-28-26-24-22-20-18-16-14-12-10-8-6-2/h43H,5-42H2,1-4H3,(H,45,47). The minimum Gasteiger partial charge on any atom is -0.356 e. The predicted molar refractivity (Wildman–Crippen MR) is 213 cm³/mol. The lowest BCUT2D eigenvalue weighted by Crippen LogP contribution is -2.25. The first-order chi connectivity index (χ1) is 23.1. The average Bonchev–Trinajstić information content (AvgIpc) is 3.06. The van der Waals surface area contributed by atoms with Crippen molar-refractivity contribution in [2.75, 3.05) is 27.2 Å². The van der Waals surface area contributed by atoms with Gasteiger partial charge in [0.25, 0.3) is 0 Å². The Morgan fingerprint density at radius 3 is 1.04 bits per heavy atom. The first-order valence-corrected chi connectivity index (χ1v) is 22.0. The van der Waals surface area contributed by atoms with Crippen molar-refractivity contribution in [3.63, 3.8) is 0 Å². The molecule has 0 spiro atoms. The van der Waals surface area contributed by atoms with Gasteiger partial charge in [-0.2, -0.15) is 0 Å². The Kier molecular flexibility index (Phi) is 39.4. The Hall–Kier alpha value is -0.570. The van der Waals surface area contributed by atoms with E-state index in [4.69, 9.17) is 0 Å². The maximum atomic E-state index is 12.1. The molecule has 0 saturated carbocycles. The number of nitrogens with zero attached hydrogens (tertiary/aromatic N) is 1. The van der Waals surface area contributed by atoms with Gasteiger partial charge in [0, 0.05) is 13.0 Å². The molecule has 0 fully saturated rings. The van der Waals surface area contributed by atoms with Crippen molar-refractivity contribution in [1.29, 1.82) is 0 Å². The normalized spacial score (nSPS) is 11.7. The largest absolute Gasteiger partial charge is 0.356 e. The van der Waals surface area contributed by atoms with Crippen LogP contribution < -0.4 is 5.32 Å². The number of carbonyl (C=O) groups excluding carboxylic acids is 1. The molecule has 0 rings (SSSR count). The first-order valence-electron chi connectivity index (χ1n) is 22.0. The summed E-state index contributed by atoms with van der Waals surface area (Å²) in [4.78, 5) is 14.2. The second-order valence-electron chi connectivity index (χ2n) is 15.7. The highest BCUT2D eigenvalue weighted by atomic mass is 16.1. The van der Waals surface area contributed by atoms with E-state index in [0.717, 1.165) is 31.8 Å². The highest BCUT2D eigenvalue weighted by Gasteiger charge is 2.09. The zero-order chi connectivity index (χ0) is 34.3. The van der Waals surface area contributed by atoms with Crippen molar-refractivity contribution >= 4 is 5.91 Å². The Morgan fingerprint density at radius 1 is 0.426 bits per heavy atom. The molecule has 0 aromatic rings. The molecule has 1 amide bonds. The molecule has 3 heteroatoms. The summed E-state index contributed by atoms with van der Waals surface area (Å²) in [5.74, 6) is 1.17. The lowest BCUT2D eigenvalue weighted by Gasteiger charge is -2.17. The molecule has 0 saturated heterocycles. The smallest absolute Gasteiger partial charge is 0.220 e. The zero-order valence-corrected chi connectivity index (χ0v) is 33.3. The molecular formula is C44H90N2O. The summed E-state index contributed by atoms with van der Waals surface area (Å²) in [5.41, 5.74) is 0. The molecule has 0 aliphatic heterocycles. The van der Waals surface area contributed by atoms with E-state index < -0.39 is 0 Å². The number of nitrogens with one attached hydrogen (secondary N) is 1. The number of rotatable bonds is 40. The molecule has 0 aliphatic carbocycles. The summed E-state index contributed by atoms with van der Waals surface area (Å²) in [6.07, 6.45) is 50.3. The minimum atomic E-state index is 0.236. The molecule has 3 nitrogen and oxygen atoms in total. The number of carbonyl (C=O) groups is 1. The topological polar surface area (TPSA) is 32.3 Å². The summed E-state index contributed by atoms with van der Waals surface area (Å²) < 4.78 is 0. The monoisotopic (exact) mass is 663 g/mol. The van der Waals surface area contributed by atoms with Crippen molar-refractivity contribution in [1.82, 2.24) is 10.2 Å². The van der Waals surface area contributed by atoms with E-state index in [9.17, 15) is 4.79 Å². The van der Waals surface area contributed by atoms with Crippen molar-refractivity contribution in [3.8, 4) is 0 Å². The fourth-order valence-corrected chi connectivity index (χ4v) is 7.29. The van der Waals surface area contributed by atoms with E-state index in [1.807, 2.05) is 0 Å². The fourth-order valence-electron chi connectivity index (χ4n) is 7.29. The SMILES string of the molecule is CCCCCCCCCCCCCCCCC(CCCCCCCCCCCCCCCC)CCCCCNC(=O)CCCN(C)C. The summed E-state index contributed by atoms with van der Waals surface area (Å²) in [6, 6.07) is 0. The van der Waals surface area contributed by atoms with E-state index in [-0.39, 0.29) is 5.91 Å². The summed E-state index contributed by atoms with van der Waals surface area (Å²) >= 11 is 0. The summed E-state index contributed by atoms with van der Waals surface area (Å²) in [5, 5.41) is 3.15. The molecule has 0 aliphatic rings. The van der Waals surface area contributed by atoms with Crippen molar-refractivity contribution in [2.45, 2.75) is 245 Å². The van der Waals surface area contributed by atoms with Crippen LogP contribution in [-0.2, 0) is 4.79 Å². The van der Waals surface area contributed by atoms with E-state index in [1.54, 1.807) is 0 Å². The lowest BCUT2D eigenvalue weighted by atomic mass is 9.89. The van der Waals surface area contributed by atoms with Gasteiger partial charge >= 0.3 is 0 Å². The third kappa shape index (κ3) is 39.7. The van der Waals surface area contributed by atoms with Gasteiger partial charge in [-0.15, -0.1) is 0 Å². The van der Waals surface area contributed by atoms with E-state index >= 15 is 0 Å². The molecule has 0 aromatic heterocycles. The third-order valence-corrected chi connectivity index (χ3v) is 10.6. The molecular weight excluding hydrogens is 572 g/mol. The molecule has 0 radical (unpaired) electrons. The fraction of sp³-hybridized carbons (Fsp3) is 0.977. The van der Waals surface area contributed by atoms with Gasteiger partial charge in [0.1, 0.15) is 0 Å². The van der Waals surface area contributed by atoms with Gasteiger partial charge < -0.3 is 10.2 Å². The second kappa shape index (κ2) is 39.9. The Morgan fingerprint density at radius 2 is 0.723 bits per heavy atom. The number of amides is 1. The minimum absolute atomic E-state index is 0.236. The van der Waals surface area contributed by atoms with Gasteiger partial charge in [-0.25, -0.2) is 0 Å². The number of hydrogen-bond acceptors (Lipinski definition) is 2. The molecule has 0 atom stereocenters. The maximum absolute atomic E-state index is 12.1. The quantitative estimate of drug-likeness (QED) is 0.0662. The van der Waals surface area contributed by atoms with E-state index in [0.29, 0.717) is 6.42 Å². The molecule has 1 N–H and O–H groups in total. The van der Waals surface area contributed by atoms with Crippen molar-refractivity contribution < 1.29 is 4.79 Å². The number of unbranched alkanes of at least 4 members (excludes halogenated alkanes) is 28. The molecule has 0 bridgehead atoms. The van der Waals surface area contributed by atoms with Crippen molar-refractivity contribution in [2.24, 2.45) is 5.92 Å². The zero-order valence-electron chi connectivity index (χ0n) is 33.3. The second-order valence-corrected chi connectivity index (χ2v) is 15.7. The maximum Gasteiger partial charge on any atom is 0.220 e. The molecule has 0 aromatic carbocycles. The highest BCUT2D eigenvalue weighted by molar-refractivity contribution is 5.75. The van der Waals surface area contributed by atoms with Crippen LogP contribution in [0.2, 0.25) is 0 Å². The van der Waals surface area contributed by atoms with Gasteiger partial charge in [-0.1, -0.05) is 226 Å². The van der Waals surface area contributed by atoms with E-state index in [2.05, 4.69) is 38.2 Å². The molecule has 47 heavy (non-hydrogen) atoms. The van der Waals surface area contributed by atoms with Crippen LogP contribution >= 0.6 is 0 Å². The van der Waals surface area contributed by atoms with Crippen molar-refractivity contribution in [3.05, 3.63) is 0 Å². The Bertz CT molecular complexity index is 559. The summed E-state index contributed by atoms with van der Waals surface area (Å²) in [7, 11) is 4.15. The highest BCUT2D eigenvalue weighted by Crippen LogP contribution is 2.25. The lowest BCUT2D eigenvalue weighted by molar-refractivity contribution is -0.121. The van der Waals surface area contributed by atoms with Gasteiger partial charge in [-0.3, -0.25) is 4.79 Å². The van der Waals surface area contributed by atoms with Gasteiger partial charge in [0.2, 0.25) is 5.91 Å². The van der Waals surface area contributed by atoms with Crippen LogP contribution in [0.3, 0.4) is 0 Å². The van der Waals surface area contributed by atoms with Gasteiger partial charge in [0.05, 0.1) is 0 Å². The van der Waals surface area contributed by atoms with Crippen LogP contribution in [0.1, 0.15) is 245 Å². The molecule has 0 heterocycles.